The van der Waals surface area contributed by atoms with Gasteiger partial charge in [-0.25, -0.2) is 8.78 Å². The minimum absolute atomic E-state index is 0.352. The molecule has 9 heteroatoms. The van der Waals surface area contributed by atoms with Crippen LogP contribution in [0.15, 0.2) is 18.2 Å². The first-order valence-corrected chi connectivity index (χ1v) is 6.23. The van der Waals surface area contributed by atoms with Crippen molar-refractivity contribution in [3.05, 3.63) is 28.8 Å². The zero-order chi connectivity index (χ0) is 16.0. The minimum Gasteiger partial charge on any atom is -0.496 e. The number of hydrogen-bond acceptors (Lipinski definition) is 4. The fraction of sp³-hybridized carbons (Fsp3) is 0.500. The Morgan fingerprint density at radius 2 is 2.05 bits per heavy atom. The summed E-state index contributed by atoms with van der Waals surface area (Å²) >= 11 is 5.84. The van der Waals surface area contributed by atoms with E-state index in [0.717, 1.165) is 0 Å². The average Bonchev–Trinajstić information content (AvgIpc) is 2.43. The Bertz CT molecular complexity index is 463. The lowest BCUT2D eigenvalue weighted by Crippen LogP contribution is -2.36. The molecule has 0 saturated carbocycles. The first-order chi connectivity index (χ1) is 9.81. The number of halogens is 5. The van der Waals surface area contributed by atoms with Gasteiger partial charge in [-0.05, 0) is 18.2 Å². The molecule has 0 bridgehead atoms. The van der Waals surface area contributed by atoms with Crippen molar-refractivity contribution in [1.29, 1.82) is 0 Å². The molecule has 0 spiro atoms. The summed E-state index contributed by atoms with van der Waals surface area (Å²) in [6.07, 6.45) is -3.79. The third-order valence-corrected chi connectivity index (χ3v) is 2.90. The van der Waals surface area contributed by atoms with Crippen LogP contribution in [0.1, 0.15) is 11.6 Å². The second-order valence-corrected chi connectivity index (χ2v) is 4.62. The lowest BCUT2D eigenvalue weighted by Gasteiger charge is -2.21. The lowest BCUT2D eigenvalue weighted by atomic mass is 10.1. The van der Waals surface area contributed by atoms with E-state index in [9.17, 15) is 17.6 Å². The first kappa shape index (κ1) is 18.0. The zero-order valence-electron chi connectivity index (χ0n) is 11.1. The number of nitrogens with two attached hydrogens (primary N) is 1. The van der Waals surface area contributed by atoms with E-state index < -0.39 is 25.0 Å². The number of benzene rings is 1. The third-order valence-electron chi connectivity index (χ3n) is 2.67. The summed E-state index contributed by atoms with van der Waals surface area (Å²) in [5.41, 5.74) is 2.81. The van der Waals surface area contributed by atoms with Gasteiger partial charge in [-0.15, -0.1) is 0 Å². The van der Waals surface area contributed by atoms with Crippen molar-refractivity contribution >= 4 is 11.6 Å². The van der Waals surface area contributed by atoms with Gasteiger partial charge < -0.3 is 9.47 Å². The highest BCUT2D eigenvalue weighted by Crippen LogP contribution is 2.29. The van der Waals surface area contributed by atoms with Gasteiger partial charge in [0.1, 0.15) is 12.4 Å². The van der Waals surface area contributed by atoms with Gasteiger partial charge in [-0.3, -0.25) is 11.3 Å². The van der Waals surface area contributed by atoms with Crippen molar-refractivity contribution in [2.75, 3.05) is 20.3 Å². The van der Waals surface area contributed by atoms with Gasteiger partial charge in [-0.1, -0.05) is 11.6 Å². The molecular weight excluding hydrogens is 316 g/mol. The molecule has 1 rings (SSSR count). The Morgan fingerprint density at radius 3 is 2.57 bits per heavy atom. The van der Waals surface area contributed by atoms with Crippen LogP contribution in [0, 0.1) is 0 Å². The molecule has 0 aromatic heterocycles. The molecule has 1 unspecified atom stereocenters. The predicted octanol–water partition coefficient (Wildman–Crippen LogP) is 2.77. The molecule has 120 valence electrons. The summed E-state index contributed by atoms with van der Waals surface area (Å²) in [7, 11) is 1.41. The highest BCUT2D eigenvalue weighted by Gasteiger charge is 2.41. The molecule has 4 nitrogen and oxygen atoms in total. The second kappa shape index (κ2) is 7.79. The monoisotopic (exact) mass is 330 g/mol. The maximum atomic E-state index is 12.7. The third kappa shape index (κ3) is 4.99. The molecule has 0 aliphatic heterocycles. The topological polar surface area (TPSA) is 56.5 Å². The molecule has 1 aromatic rings. The van der Waals surface area contributed by atoms with Crippen LogP contribution in [0.25, 0.3) is 0 Å². The van der Waals surface area contributed by atoms with Crippen molar-refractivity contribution in [2.45, 2.75) is 18.4 Å². The largest absolute Gasteiger partial charge is 0.496 e. The van der Waals surface area contributed by atoms with Crippen LogP contribution in [-0.4, -0.2) is 32.7 Å². The Morgan fingerprint density at radius 1 is 1.38 bits per heavy atom. The number of hydrogen-bond donors (Lipinski definition) is 2. The van der Waals surface area contributed by atoms with Crippen molar-refractivity contribution in [2.24, 2.45) is 5.84 Å². The van der Waals surface area contributed by atoms with Crippen LogP contribution in [0.4, 0.5) is 17.6 Å². The fourth-order valence-corrected chi connectivity index (χ4v) is 1.76. The van der Waals surface area contributed by atoms with Crippen molar-refractivity contribution in [3.63, 3.8) is 0 Å². The second-order valence-electron chi connectivity index (χ2n) is 4.18. The van der Waals surface area contributed by atoms with E-state index >= 15 is 0 Å². The van der Waals surface area contributed by atoms with Crippen LogP contribution in [0.2, 0.25) is 5.02 Å². The standard InChI is InChI=1S/C12H15ClF4N2O2/c1-20-10-3-2-7(13)4-8(10)9(19-18)5-21-6-12(16,17)11(14)15/h2-4,9,11,19H,5-6,18H2,1H3. The van der Waals surface area contributed by atoms with Crippen molar-refractivity contribution in [3.8, 4) is 5.75 Å². The highest BCUT2D eigenvalue weighted by atomic mass is 35.5. The normalized spacial score (nSPS) is 13.5. The number of methoxy groups -OCH3 is 1. The van der Waals surface area contributed by atoms with Gasteiger partial charge in [0, 0.05) is 10.6 Å². The number of alkyl halides is 4. The maximum Gasteiger partial charge on any atom is 0.330 e. The minimum atomic E-state index is -4.21. The quantitative estimate of drug-likeness (QED) is 0.437. The van der Waals surface area contributed by atoms with Crippen LogP contribution in [0.3, 0.4) is 0 Å². The van der Waals surface area contributed by atoms with Gasteiger partial charge in [0.15, 0.2) is 0 Å². The molecule has 0 heterocycles. The summed E-state index contributed by atoms with van der Waals surface area (Å²) in [5, 5.41) is 0.379. The summed E-state index contributed by atoms with van der Waals surface area (Å²) in [6, 6.07) is 3.91. The fourth-order valence-electron chi connectivity index (χ4n) is 1.58. The molecule has 0 aliphatic rings. The average molecular weight is 331 g/mol. The van der Waals surface area contributed by atoms with Gasteiger partial charge in [0.2, 0.25) is 0 Å². The SMILES string of the molecule is COc1ccc(Cl)cc1C(COCC(F)(F)C(F)F)NN. The van der Waals surface area contributed by atoms with E-state index in [2.05, 4.69) is 10.2 Å². The summed E-state index contributed by atoms with van der Waals surface area (Å²) < 4.78 is 59.2. The predicted molar refractivity (Wildman–Crippen MR) is 69.8 cm³/mol. The Balaban J connectivity index is 2.74. The first-order valence-electron chi connectivity index (χ1n) is 5.85. The molecule has 1 atom stereocenters. The molecule has 0 fully saturated rings. The van der Waals surface area contributed by atoms with Crippen LogP contribution in [-0.2, 0) is 4.74 Å². The van der Waals surface area contributed by atoms with E-state index in [1.54, 1.807) is 12.1 Å². The Hall–Kier alpha value is -1.09. The highest BCUT2D eigenvalue weighted by molar-refractivity contribution is 6.30. The van der Waals surface area contributed by atoms with Gasteiger partial charge in [0.25, 0.3) is 0 Å². The number of rotatable bonds is 8. The summed E-state index contributed by atoms with van der Waals surface area (Å²) in [6.45, 7) is -1.76. The van der Waals surface area contributed by atoms with Crippen LogP contribution < -0.4 is 16.0 Å². The van der Waals surface area contributed by atoms with Crippen molar-refractivity contribution < 1.29 is 27.0 Å². The molecule has 21 heavy (non-hydrogen) atoms. The van der Waals surface area contributed by atoms with E-state index in [1.165, 1.54) is 13.2 Å². The van der Waals surface area contributed by atoms with Crippen LogP contribution in [0.5, 0.6) is 5.75 Å². The van der Waals surface area contributed by atoms with E-state index in [4.69, 9.17) is 22.2 Å². The Kier molecular flexibility index (Phi) is 6.66. The summed E-state index contributed by atoms with van der Waals surface area (Å²) in [4.78, 5) is 0. The lowest BCUT2D eigenvalue weighted by molar-refractivity contribution is -0.167. The van der Waals surface area contributed by atoms with Crippen molar-refractivity contribution in [1.82, 2.24) is 5.43 Å². The van der Waals surface area contributed by atoms with E-state index in [0.29, 0.717) is 16.3 Å². The van der Waals surface area contributed by atoms with E-state index in [1.807, 2.05) is 0 Å². The number of ether oxygens (including phenoxy) is 2. The molecular formula is C12H15ClF4N2O2. The molecule has 3 N–H and O–H groups in total. The number of nitrogens with one attached hydrogen (secondary N) is 1. The molecule has 0 radical (unpaired) electrons. The van der Waals surface area contributed by atoms with E-state index in [-0.39, 0.29) is 6.61 Å². The van der Waals surface area contributed by atoms with Gasteiger partial charge >= 0.3 is 12.3 Å². The van der Waals surface area contributed by atoms with Gasteiger partial charge in [-0.2, -0.15) is 8.78 Å². The van der Waals surface area contributed by atoms with Gasteiger partial charge in [0.05, 0.1) is 19.8 Å². The maximum absolute atomic E-state index is 12.7. The molecule has 0 saturated heterocycles. The smallest absolute Gasteiger partial charge is 0.330 e. The Labute approximate surface area is 124 Å². The summed E-state index contributed by atoms with van der Waals surface area (Å²) in [5.74, 6) is 1.52. The zero-order valence-corrected chi connectivity index (χ0v) is 11.8. The molecule has 0 aliphatic carbocycles. The molecule has 0 amide bonds. The molecule has 1 aromatic carbocycles. The number of hydrazine groups is 1. The van der Waals surface area contributed by atoms with Crippen LogP contribution >= 0.6 is 11.6 Å².